The van der Waals surface area contributed by atoms with E-state index in [0.29, 0.717) is 28.8 Å². The molecule has 10 nitrogen and oxygen atoms in total. The molecule has 4 rings (SSSR count). The van der Waals surface area contributed by atoms with Crippen LogP contribution in [0.5, 0.6) is 11.5 Å². The van der Waals surface area contributed by atoms with Crippen LogP contribution in [-0.2, 0) is 30.5 Å². The van der Waals surface area contributed by atoms with Crippen LogP contribution in [0.2, 0.25) is 0 Å². The Hall–Kier alpha value is -4.67. The van der Waals surface area contributed by atoms with E-state index >= 15 is 0 Å². The molecule has 3 aromatic carbocycles. The number of aliphatic carboxylic acids is 1. The van der Waals surface area contributed by atoms with Crippen molar-refractivity contribution in [1.82, 2.24) is 9.97 Å². The van der Waals surface area contributed by atoms with Crippen molar-refractivity contribution in [2.75, 3.05) is 50.7 Å². The van der Waals surface area contributed by atoms with Crippen LogP contribution in [0, 0.1) is 0 Å². The van der Waals surface area contributed by atoms with Gasteiger partial charge in [-0.2, -0.15) is 4.98 Å². The van der Waals surface area contributed by atoms with Gasteiger partial charge in [0.05, 0.1) is 33.0 Å². The zero-order chi connectivity index (χ0) is 33.9. The van der Waals surface area contributed by atoms with Crippen molar-refractivity contribution in [3.05, 3.63) is 83.0 Å². The minimum atomic E-state index is -1.03. The number of carboxylic acid groups (broad SMARTS) is 1. The largest absolute Gasteiger partial charge is 0.496 e. The summed E-state index contributed by atoms with van der Waals surface area (Å²) in [4.78, 5) is 23.9. The molecule has 0 radical (unpaired) electrons. The number of methoxy groups -OCH3 is 2. The number of carboxylic acids is 1. The topological polar surface area (TPSA) is 137 Å². The minimum Gasteiger partial charge on any atom is -0.496 e. The first-order chi connectivity index (χ1) is 22.8. The van der Waals surface area contributed by atoms with E-state index in [4.69, 9.17) is 14.5 Å². The molecule has 0 saturated carbocycles. The lowest BCUT2D eigenvalue weighted by atomic mass is 9.89. The van der Waals surface area contributed by atoms with Gasteiger partial charge in [-0.25, -0.2) is 9.78 Å². The van der Waals surface area contributed by atoms with Gasteiger partial charge in [0.1, 0.15) is 23.4 Å². The lowest BCUT2D eigenvalue weighted by Crippen LogP contribution is -2.34. The highest BCUT2D eigenvalue weighted by Crippen LogP contribution is 2.39. The van der Waals surface area contributed by atoms with Crippen molar-refractivity contribution in [1.29, 1.82) is 0 Å². The van der Waals surface area contributed by atoms with Crippen molar-refractivity contribution in [3.63, 3.8) is 0 Å². The third kappa shape index (κ3) is 8.19. The fourth-order valence-electron chi connectivity index (χ4n) is 5.86. The van der Waals surface area contributed by atoms with Crippen LogP contribution < -0.4 is 19.7 Å². The molecule has 0 unspecified atom stereocenters. The molecule has 1 aromatic heterocycles. The molecule has 0 saturated heterocycles. The van der Waals surface area contributed by atoms with Crippen molar-refractivity contribution < 1.29 is 29.6 Å². The standard InChI is InChI=1S/C37H46N4O6/c1-6-24-20-26(7-2)33(27(8-3)21-24)29-23-38-37(41(16-18-42)17-19-43)40-35(29)39-30(36(44)45)22-25-12-14-28(15-13-25)34-31(46-4)10-9-11-32(34)47-5/h9-15,20-21,23,30,42-43H,6-8,16-19,22H2,1-5H3,(H,44,45)(H,38,39,40)/t30-/m0/s1. The van der Waals surface area contributed by atoms with E-state index in [9.17, 15) is 20.1 Å². The number of aryl methyl sites for hydroxylation is 3. The molecule has 0 aliphatic heterocycles. The van der Waals surface area contributed by atoms with E-state index < -0.39 is 12.0 Å². The number of nitrogens with one attached hydrogen (secondary N) is 1. The van der Waals surface area contributed by atoms with Gasteiger partial charge in [0.25, 0.3) is 0 Å². The van der Waals surface area contributed by atoms with Crippen LogP contribution in [0.3, 0.4) is 0 Å². The zero-order valence-electron chi connectivity index (χ0n) is 27.9. The molecule has 10 heteroatoms. The molecule has 0 aliphatic carbocycles. The van der Waals surface area contributed by atoms with Crippen LogP contribution in [0.4, 0.5) is 11.8 Å². The number of carbonyl (C=O) groups is 1. The Kier molecular flexibility index (Phi) is 12.5. The monoisotopic (exact) mass is 642 g/mol. The molecule has 0 bridgehead atoms. The van der Waals surface area contributed by atoms with Gasteiger partial charge in [0, 0.05) is 31.3 Å². The molecular weight excluding hydrogens is 596 g/mol. The van der Waals surface area contributed by atoms with Crippen LogP contribution in [0.25, 0.3) is 22.3 Å². The maximum atomic E-state index is 12.7. The Labute approximate surface area is 277 Å². The first kappa shape index (κ1) is 35.2. The van der Waals surface area contributed by atoms with Crippen molar-refractivity contribution in [3.8, 4) is 33.8 Å². The van der Waals surface area contributed by atoms with E-state index in [2.05, 4.69) is 43.2 Å². The molecule has 0 aliphatic rings. The Bertz CT molecular complexity index is 1590. The quantitative estimate of drug-likeness (QED) is 0.118. The number of aliphatic hydroxyl groups is 2. The van der Waals surface area contributed by atoms with E-state index in [0.717, 1.165) is 52.6 Å². The highest BCUT2D eigenvalue weighted by atomic mass is 16.5. The number of anilines is 2. The Morgan fingerprint density at radius 2 is 1.45 bits per heavy atom. The summed E-state index contributed by atoms with van der Waals surface area (Å²) in [5.74, 6) is 1.00. The van der Waals surface area contributed by atoms with E-state index in [1.807, 2.05) is 42.5 Å². The molecule has 0 fully saturated rings. The van der Waals surface area contributed by atoms with Crippen molar-refractivity contribution in [2.24, 2.45) is 0 Å². The molecule has 1 atom stereocenters. The minimum absolute atomic E-state index is 0.152. The SMILES string of the molecule is CCc1cc(CC)c(-c2cnc(N(CCO)CCO)nc2N[C@@H](Cc2ccc(-c3c(OC)cccc3OC)cc2)C(=O)O)c(CC)c1. The number of hydrogen-bond acceptors (Lipinski definition) is 9. The molecule has 0 spiro atoms. The molecular formula is C37H46N4O6. The molecule has 1 heterocycles. The van der Waals surface area contributed by atoms with Crippen molar-refractivity contribution >= 4 is 17.7 Å². The highest BCUT2D eigenvalue weighted by molar-refractivity contribution is 5.85. The van der Waals surface area contributed by atoms with Gasteiger partial charge in [-0.15, -0.1) is 0 Å². The Morgan fingerprint density at radius 1 is 0.851 bits per heavy atom. The molecule has 4 aromatic rings. The summed E-state index contributed by atoms with van der Waals surface area (Å²) in [5.41, 5.74) is 7.74. The molecule has 4 N–H and O–H groups in total. The smallest absolute Gasteiger partial charge is 0.326 e. The average molecular weight is 643 g/mol. The van der Waals surface area contributed by atoms with Crippen molar-refractivity contribution in [2.45, 2.75) is 52.5 Å². The molecule has 47 heavy (non-hydrogen) atoms. The number of nitrogens with zero attached hydrogens (tertiary/aromatic N) is 3. The number of aromatic nitrogens is 2. The summed E-state index contributed by atoms with van der Waals surface area (Å²) in [5, 5.41) is 33.0. The van der Waals surface area contributed by atoms with Crippen LogP contribution in [0.15, 0.2) is 60.8 Å². The number of aliphatic hydroxyl groups excluding tert-OH is 2. The van der Waals surface area contributed by atoms with Gasteiger partial charge >= 0.3 is 5.97 Å². The van der Waals surface area contributed by atoms with E-state index in [1.165, 1.54) is 5.56 Å². The zero-order valence-corrected chi connectivity index (χ0v) is 27.9. The summed E-state index contributed by atoms with van der Waals surface area (Å²) in [6.07, 6.45) is 4.38. The van der Waals surface area contributed by atoms with Gasteiger partial charge < -0.3 is 35.0 Å². The number of ether oxygens (including phenoxy) is 2. The Balaban J connectivity index is 1.77. The highest BCUT2D eigenvalue weighted by Gasteiger charge is 2.24. The second-order valence-electron chi connectivity index (χ2n) is 11.2. The number of hydrogen-bond donors (Lipinski definition) is 4. The van der Waals surface area contributed by atoms with Gasteiger partial charge in [-0.05, 0) is 64.8 Å². The summed E-state index contributed by atoms with van der Waals surface area (Å²) in [6, 6.07) is 16.7. The van der Waals surface area contributed by atoms with Crippen LogP contribution >= 0.6 is 0 Å². The van der Waals surface area contributed by atoms with E-state index in [-0.39, 0.29) is 32.7 Å². The summed E-state index contributed by atoms with van der Waals surface area (Å²) >= 11 is 0. The van der Waals surface area contributed by atoms with Crippen LogP contribution in [0.1, 0.15) is 43.0 Å². The first-order valence-electron chi connectivity index (χ1n) is 16.1. The van der Waals surface area contributed by atoms with Gasteiger partial charge in [-0.1, -0.05) is 63.2 Å². The second kappa shape index (κ2) is 16.8. The summed E-state index contributed by atoms with van der Waals surface area (Å²) in [6.45, 7) is 6.48. The maximum Gasteiger partial charge on any atom is 0.326 e. The number of benzene rings is 3. The molecule has 250 valence electrons. The summed E-state index contributed by atoms with van der Waals surface area (Å²) in [7, 11) is 3.22. The average Bonchev–Trinajstić information content (AvgIpc) is 3.10. The fourth-order valence-corrected chi connectivity index (χ4v) is 5.86. The predicted octanol–water partition coefficient (Wildman–Crippen LogP) is 5.41. The first-order valence-corrected chi connectivity index (χ1v) is 16.1. The van der Waals surface area contributed by atoms with Gasteiger partial charge in [0.15, 0.2) is 0 Å². The van der Waals surface area contributed by atoms with Gasteiger partial charge in [0.2, 0.25) is 5.95 Å². The Morgan fingerprint density at radius 3 is 1.94 bits per heavy atom. The predicted molar refractivity (Wildman–Crippen MR) is 186 cm³/mol. The lowest BCUT2D eigenvalue weighted by Gasteiger charge is -2.25. The number of rotatable bonds is 17. The second-order valence-corrected chi connectivity index (χ2v) is 11.2. The van der Waals surface area contributed by atoms with Crippen LogP contribution in [-0.4, -0.2) is 77.8 Å². The lowest BCUT2D eigenvalue weighted by molar-refractivity contribution is -0.137. The molecule has 0 amide bonds. The summed E-state index contributed by atoms with van der Waals surface area (Å²) < 4.78 is 11.1. The normalized spacial score (nSPS) is 11.6. The third-order valence-corrected chi connectivity index (χ3v) is 8.32. The maximum absolute atomic E-state index is 12.7. The third-order valence-electron chi connectivity index (χ3n) is 8.32. The fraction of sp³-hybridized carbons (Fsp3) is 0.378. The van der Waals surface area contributed by atoms with Gasteiger partial charge in [-0.3, -0.25) is 0 Å². The van der Waals surface area contributed by atoms with E-state index in [1.54, 1.807) is 25.3 Å².